The average molecular weight is 417 g/mol. The highest BCUT2D eigenvalue weighted by Crippen LogP contribution is 2.24. The second-order valence-corrected chi connectivity index (χ2v) is 7.36. The number of hydrogen-bond acceptors (Lipinski definition) is 3. The summed E-state index contributed by atoms with van der Waals surface area (Å²) in [6, 6.07) is 26.0. The molecule has 0 heterocycles. The van der Waals surface area contributed by atoms with Crippen LogP contribution in [0.4, 0.5) is 0 Å². The van der Waals surface area contributed by atoms with Crippen LogP contribution >= 0.6 is 0 Å². The van der Waals surface area contributed by atoms with Gasteiger partial charge in [0.25, 0.3) is 5.91 Å². The molecule has 2 N–H and O–H groups in total. The van der Waals surface area contributed by atoms with Gasteiger partial charge in [0.1, 0.15) is 5.75 Å². The van der Waals surface area contributed by atoms with Crippen LogP contribution in [-0.2, 0) is 4.79 Å². The van der Waals surface area contributed by atoms with E-state index in [1.54, 1.807) is 12.1 Å². The highest BCUT2D eigenvalue weighted by Gasteiger charge is 2.19. The molecular formula is C26H28N2O3. The Bertz CT molecular complexity index is 973. The van der Waals surface area contributed by atoms with Crippen molar-refractivity contribution in [3.63, 3.8) is 0 Å². The lowest BCUT2D eigenvalue weighted by Gasteiger charge is -2.22. The van der Waals surface area contributed by atoms with E-state index in [2.05, 4.69) is 10.6 Å². The molecule has 5 heteroatoms. The van der Waals surface area contributed by atoms with Crippen LogP contribution in [0, 0.1) is 0 Å². The predicted octanol–water partition coefficient (Wildman–Crippen LogP) is 4.50. The zero-order chi connectivity index (χ0) is 22.1. The Morgan fingerprint density at radius 3 is 2.00 bits per heavy atom. The van der Waals surface area contributed by atoms with Gasteiger partial charge in [-0.25, -0.2) is 0 Å². The van der Waals surface area contributed by atoms with E-state index in [0.29, 0.717) is 12.2 Å². The maximum atomic E-state index is 12.8. The number of ether oxygens (including phenoxy) is 1. The molecule has 31 heavy (non-hydrogen) atoms. The van der Waals surface area contributed by atoms with E-state index < -0.39 is 0 Å². The van der Waals surface area contributed by atoms with Crippen molar-refractivity contribution in [3.05, 3.63) is 102 Å². The van der Waals surface area contributed by atoms with E-state index in [1.807, 2.05) is 86.6 Å². The normalized spacial score (nSPS) is 12.5. The molecule has 5 nitrogen and oxygen atoms in total. The van der Waals surface area contributed by atoms with E-state index >= 15 is 0 Å². The zero-order valence-corrected chi connectivity index (χ0v) is 17.9. The van der Waals surface area contributed by atoms with Gasteiger partial charge < -0.3 is 15.4 Å². The Morgan fingerprint density at radius 2 is 1.39 bits per heavy atom. The molecule has 160 valence electrons. The number of benzene rings is 3. The Hall–Kier alpha value is -3.60. The van der Waals surface area contributed by atoms with Crippen molar-refractivity contribution in [3.8, 4) is 5.75 Å². The molecule has 2 amide bonds. The van der Waals surface area contributed by atoms with Gasteiger partial charge in [0.15, 0.2) is 0 Å². The van der Waals surface area contributed by atoms with Crippen LogP contribution in [0.15, 0.2) is 84.9 Å². The van der Waals surface area contributed by atoms with Gasteiger partial charge in [-0.1, -0.05) is 60.7 Å². The number of amides is 2. The van der Waals surface area contributed by atoms with E-state index in [9.17, 15) is 9.59 Å². The third-order valence-electron chi connectivity index (χ3n) is 4.87. The van der Waals surface area contributed by atoms with Gasteiger partial charge in [-0.15, -0.1) is 0 Å². The summed E-state index contributed by atoms with van der Waals surface area (Å²) < 4.78 is 5.53. The molecule has 0 aliphatic carbocycles. The van der Waals surface area contributed by atoms with Crippen molar-refractivity contribution in [2.24, 2.45) is 0 Å². The van der Waals surface area contributed by atoms with Crippen molar-refractivity contribution in [2.45, 2.75) is 32.4 Å². The smallest absolute Gasteiger partial charge is 0.251 e. The van der Waals surface area contributed by atoms with Crippen molar-refractivity contribution < 1.29 is 14.3 Å². The second-order valence-electron chi connectivity index (χ2n) is 7.36. The van der Waals surface area contributed by atoms with Crippen LogP contribution in [0.25, 0.3) is 0 Å². The number of hydrogen-bond donors (Lipinski definition) is 2. The van der Waals surface area contributed by atoms with Crippen LogP contribution in [0.1, 0.15) is 47.8 Å². The third kappa shape index (κ3) is 6.44. The summed E-state index contributed by atoms with van der Waals surface area (Å²) in [6.07, 6.45) is 0.180. The summed E-state index contributed by atoms with van der Waals surface area (Å²) in [6.45, 7) is 4.37. The largest absolute Gasteiger partial charge is 0.494 e. The Labute approximate surface area is 183 Å². The van der Waals surface area contributed by atoms with Gasteiger partial charge in [-0.05, 0) is 49.2 Å². The molecule has 0 aliphatic rings. The molecule has 0 unspecified atom stereocenters. The minimum atomic E-state index is -0.301. The number of carbonyl (C=O) groups is 2. The fourth-order valence-corrected chi connectivity index (χ4v) is 3.37. The molecule has 0 saturated carbocycles. The molecular weight excluding hydrogens is 388 g/mol. The monoisotopic (exact) mass is 416 g/mol. The van der Waals surface area contributed by atoms with Crippen molar-refractivity contribution in [2.75, 3.05) is 6.61 Å². The van der Waals surface area contributed by atoms with Gasteiger partial charge in [0.2, 0.25) is 5.91 Å². The number of nitrogens with one attached hydrogen (secondary N) is 2. The topological polar surface area (TPSA) is 67.4 Å². The molecule has 0 spiro atoms. The maximum Gasteiger partial charge on any atom is 0.251 e. The van der Waals surface area contributed by atoms with Crippen LogP contribution in [0.3, 0.4) is 0 Å². The first-order valence-electron chi connectivity index (χ1n) is 10.5. The molecule has 0 aliphatic heterocycles. The van der Waals surface area contributed by atoms with E-state index in [4.69, 9.17) is 4.74 Å². The van der Waals surface area contributed by atoms with Crippen LogP contribution in [0.5, 0.6) is 5.75 Å². The molecule has 2 atom stereocenters. The molecule has 0 saturated heterocycles. The lowest BCUT2D eigenvalue weighted by molar-refractivity contribution is -0.121. The second kappa shape index (κ2) is 11.0. The Balaban J connectivity index is 1.67. The fraction of sp³-hybridized carbons (Fsp3) is 0.231. The molecule has 0 bridgehead atoms. The van der Waals surface area contributed by atoms with Gasteiger partial charge in [0.05, 0.1) is 12.6 Å². The van der Waals surface area contributed by atoms with Gasteiger partial charge in [0, 0.05) is 18.0 Å². The number of carbonyl (C=O) groups excluding carboxylic acids is 2. The first kappa shape index (κ1) is 22.1. The lowest BCUT2D eigenvalue weighted by atomic mass is 9.98. The minimum absolute atomic E-state index is 0.136. The lowest BCUT2D eigenvalue weighted by Crippen LogP contribution is -2.38. The fourth-order valence-electron chi connectivity index (χ4n) is 3.37. The van der Waals surface area contributed by atoms with Gasteiger partial charge in [-0.2, -0.15) is 0 Å². The van der Waals surface area contributed by atoms with Crippen LogP contribution in [-0.4, -0.2) is 24.5 Å². The first-order valence-corrected chi connectivity index (χ1v) is 10.5. The molecule has 3 aromatic rings. The summed E-state index contributed by atoms with van der Waals surface area (Å²) >= 11 is 0. The maximum absolute atomic E-state index is 12.8. The minimum Gasteiger partial charge on any atom is -0.494 e. The SMILES string of the molecule is CCOc1ccc([C@@H](NC(=O)C[C@H](C)NC(=O)c2ccccc2)c2ccccc2)cc1. The summed E-state index contributed by atoms with van der Waals surface area (Å²) in [5.74, 6) is 0.470. The molecule has 3 aromatic carbocycles. The zero-order valence-electron chi connectivity index (χ0n) is 17.9. The highest BCUT2D eigenvalue weighted by atomic mass is 16.5. The Kier molecular flexibility index (Phi) is 7.82. The molecule has 3 rings (SSSR count). The summed E-state index contributed by atoms with van der Waals surface area (Å²) in [5, 5.41) is 6.00. The quantitative estimate of drug-likeness (QED) is 0.540. The summed E-state index contributed by atoms with van der Waals surface area (Å²) in [5.41, 5.74) is 2.52. The molecule has 0 radical (unpaired) electrons. The van der Waals surface area contributed by atoms with E-state index in [1.165, 1.54) is 0 Å². The molecule has 0 fully saturated rings. The van der Waals surface area contributed by atoms with Crippen LogP contribution < -0.4 is 15.4 Å². The third-order valence-corrected chi connectivity index (χ3v) is 4.87. The van der Waals surface area contributed by atoms with E-state index in [0.717, 1.165) is 16.9 Å². The van der Waals surface area contributed by atoms with Crippen LogP contribution in [0.2, 0.25) is 0 Å². The highest BCUT2D eigenvalue weighted by molar-refractivity contribution is 5.94. The first-order chi connectivity index (χ1) is 15.1. The molecule has 0 aromatic heterocycles. The standard InChI is InChI=1S/C26H28N2O3/c1-3-31-23-16-14-21(15-17-23)25(20-10-6-4-7-11-20)28-24(29)18-19(2)27-26(30)22-12-8-5-9-13-22/h4-17,19,25H,3,18H2,1-2H3,(H,27,30)(H,28,29)/t19-,25-/m0/s1. The van der Waals surface area contributed by atoms with Crippen molar-refractivity contribution in [1.29, 1.82) is 0 Å². The van der Waals surface area contributed by atoms with Crippen molar-refractivity contribution >= 4 is 11.8 Å². The van der Waals surface area contributed by atoms with Crippen molar-refractivity contribution in [1.82, 2.24) is 10.6 Å². The predicted molar refractivity (Wildman–Crippen MR) is 122 cm³/mol. The van der Waals surface area contributed by atoms with Gasteiger partial charge in [-0.3, -0.25) is 9.59 Å². The number of rotatable bonds is 9. The van der Waals surface area contributed by atoms with E-state index in [-0.39, 0.29) is 30.3 Å². The van der Waals surface area contributed by atoms with Gasteiger partial charge >= 0.3 is 0 Å². The summed E-state index contributed by atoms with van der Waals surface area (Å²) in [7, 11) is 0. The average Bonchev–Trinajstić information content (AvgIpc) is 2.79. The summed E-state index contributed by atoms with van der Waals surface area (Å²) in [4.78, 5) is 25.1. The Morgan fingerprint density at radius 1 is 0.806 bits per heavy atom.